The highest BCUT2D eigenvalue weighted by Gasteiger charge is 2.51. The molecular weight excluding hydrogens is 793 g/mol. The summed E-state index contributed by atoms with van der Waals surface area (Å²) in [6, 6.07) is 81.4. The van der Waals surface area contributed by atoms with Gasteiger partial charge in [0.1, 0.15) is 0 Å². The summed E-state index contributed by atoms with van der Waals surface area (Å²) in [6.07, 6.45) is 0. The van der Waals surface area contributed by atoms with Gasteiger partial charge in [-0.15, -0.1) is 22.7 Å². The Kier molecular flexibility index (Phi) is 7.70. The Morgan fingerprint density at radius 3 is 1.10 bits per heavy atom. The summed E-state index contributed by atoms with van der Waals surface area (Å²) in [6.45, 7) is 0. The molecule has 4 aromatic heterocycles. The zero-order valence-electron chi connectivity index (χ0n) is 33.0. The lowest BCUT2D eigenvalue weighted by molar-refractivity contribution is 1.18. The molecular formula is C56H36N2S2Si. The van der Waals surface area contributed by atoms with Crippen LogP contribution in [0, 0.1) is 0 Å². The van der Waals surface area contributed by atoms with Gasteiger partial charge in [-0.3, -0.25) is 0 Å². The van der Waals surface area contributed by atoms with Crippen LogP contribution in [0.5, 0.6) is 0 Å². The first-order valence-electron chi connectivity index (χ1n) is 20.8. The van der Waals surface area contributed by atoms with E-state index in [0.717, 1.165) is 0 Å². The second-order valence-corrected chi connectivity index (χ2v) is 21.9. The molecule has 1 aliphatic heterocycles. The number of benzene rings is 8. The van der Waals surface area contributed by atoms with Gasteiger partial charge >= 0.3 is 0 Å². The molecule has 61 heavy (non-hydrogen) atoms. The van der Waals surface area contributed by atoms with Crippen molar-refractivity contribution in [1.82, 2.24) is 9.13 Å². The van der Waals surface area contributed by atoms with E-state index in [1.54, 1.807) is 0 Å². The summed E-state index contributed by atoms with van der Waals surface area (Å²) >= 11 is 3.95. The van der Waals surface area contributed by atoms with Crippen molar-refractivity contribution in [1.29, 1.82) is 0 Å². The molecule has 0 saturated carbocycles. The maximum Gasteiger partial charge on any atom is 0.182 e. The molecule has 0 spiro atoms. The molecule has 286 valence electrons. The Morgan fingerprint density at radius 1 is 0.311 bits per heavy atom. The van der Waals surface area contributed by atoms with E-state index in [4.69, 9.17) is 0 Å². The third-order valence-corrected chi connectivity index (χ3v) is 20.5. The second-order valence-electron chi connectivity index (χ2n) is 16.0. The Morgan fingerprint density at radius 2 is 0.672 bits per heavy atom. The van der Waals surface area contributed by atoms with Gasteiger partial charge in [-0.25, -0.2) is 0 Å². The monoisotopic (exact) mass is 828 g/mol. The van der Waals surface area contributed by atoms with Gasteiger partial charge in [0.25, 0.3) is 0 Å². The molecule has 0 aliphatic carbocycles. The molecule has 0 saturated heterocycles. The molecule has 0 radical (unpaired) electrons. The zero-order chi connectivity index (χ0) is 40.1. The topological polar surface area (TPSA) is 9.86 Å². The van der Waals surface area contributed by atoms with Crippen LogP contribution in [0.2, 0.25) is 0 Å². The quantitative estimate of drug-likeness (QED) is 0.148. The maximum absolute atomic E-state index is 2.71. The van der Waals surface area contributed by atoms with Crippen LogP contribution in [0.1, 0.15) is 0 Å². The Labute approximate surface area is 362 Å². The van der Waals surface area contributed by atoms with Crippen LogP contribution in [0.4, 0.5) is 0 Å². The first kappa shape index (κ1) is 34.8. The number of thiophene rings is 2. The van der Waals surface area contributed by atoms with Crippen LogP contribution in [0.15, 0.2) is 218 Å². The van der Waals surface area contributed by atoms with Crippen LogP contribution < -0.4 is 20.7 Å². The average molecular weight is 829 g/mol. The number of rotatable bonds is 6. The molecule has 0 bridgehead atoms. The number of fused-ring (bicyclic) bond motifs is 9. The summed E-state index contributed by atoms with van der Waals surface area (Å²) in [5.41, 5.74) is 9.81. The van der Waals surface area contributed by atoms with E-state index < -0.39 is 8.07 Å². The largest absolute Gasteiger partial charge is 0.309 e. The molecule has 5 heteroatoms. The highest BCUT2D eigenvalue weighted by Crippen LogP contribution is 2.46. The number of para-hydroxylation sites is 4. The SMILES string of the molecule is c1ccc(-n2c3ccccc3c3cc(-c4cc5c(s4)-c4sc(-c6ccc7c(c6)c6ccccc6n7-c6ccccc6)cc4[Si]5(c4ccccc4)c4ccccc4)ccc32)cc1. The Bertz CT molecular complexity index is 3390. The molecule has 0 amide bonds. The third kappa shape index (κ3) is 5.06. The Balaban J connectivity index is 1.03. The second kappa shape index (κ2) is 13.5. The number of nitrogens with zero attached hydrogens (tertiary/aromatic N) is 2. The van der Waals surface area contributed by atoms with Crippen molar-refractivity contribution < 1.29 is 0 Å². The fourth-order valence-corrected chi connectivity index (χ4v) is 19.0. The van der Waals surface area contributed by atoms with Crippen LogP contribution >= 0.6 is 22.7 Å². The molecule has 13 rings (SSSR count). The van der Waals surface area contributed by atoms with Crippen LogP contribution in [0.3, 0.4) is 0 Å². The van der Waals surface area contributed by atoms with E-state index in [-0.39, 0.29) is 0 Å². The van der Waals surface area contributed by atoms with Crippen molar-refractivity contribution in [3.63, 3.8) is 0 Å². The number of hydrogen-bond acceptors (Lipinski definition) is 2. The summed E-state index contributed by atoms with van der Waals surface area (Å²) in [7, 11) is -2.71. The van der Waals surface area contributed by atoms with Crippen molar-refractivity contribution in [2.45, 2.75) is 0 Å². The third-order valence-electron chi connectivity index (χ3n) is 12.8. The molecule has 0 N–H and O–H groups in total. The minimum atomic E-state index is -2.71. The van der Waals surface area contributed by atoms with Crippen LogP contribution in [0.25, 0.3) is 85.6 Å². The molecule has 0 atom stereocenters. The first-order chi connectivity index (χ1) is 30.3. The van der Waals surface area contributed by atoms with Gasteiger partial charge in [0.05, 0.1) is 22.1 Å². The van der Waals surface area contributed by atoms with Crippen molar-refractivity contribution >= 4 is 95.1 Å². The van der Waals surface area contributed by atoms with Gasteiger partial charge in [-0.1, -0.05) is 146 Å². The summed E-state index contributed by atoms with van der Waals surface area (Å²) in [4.78, 5) is 5.49. The van der Waals surface area contributed by atoms with E-state index in [9.17, 15) is 0 Å². The normalized spacial score (nSPS) is 13.0. The van der Waals surface area contributed by atoms with Gasteiger partial charge in [0.15, 0.2) is 8.07 Å². The maximum atomic E-state index is 2.57. The lowest BCUT2D eigenvalue weighted by Gasteiger charge is -2.30. The smallest absolute Gasteiger partial charge is 0.182 e. The van der Waals surface area contributed by atoms with Gasteiger partial charge < -0.3 is 9.13 Å². The van der Waals surface area contributed by atoms with E-state index in [0.29, 0.717) is 0 Å². The summed E-state index contributed by atoms with van der Waals surface area (Å²) in [5.74, 6) is 0. The van der Waals surface area contributed by atoms with Crippen molar-refractivity contribution in [2.75, 3.05) is 0 Å². The van der Waals surface area contributed by atoms with Gasteiger partial charge in [-0.05, 0) is 105 Å². The highest BCUT2D eigenvalue weighted by atomic mass is 32.1. The van der Waals surface area contributed by atoms with E-state index in [1.807, 2.05) is 22.7 Å². The van der Waals surface area contributed by atoms with Crippen molar-refractivity contribution in [3.05, 3.63) is 218 Å². The van der Waals surface area contributed by atoms with Gasteiger partial charge in [-0.2, -0.15) is 0 Å². The molecule has 12 aromatic rings. The van der Waals surface area contributed by atoms with E-state index in [1.165, 1.54) is 106 Å². The number of aromatic nitrogens is 2. The lowest BCUT2D eigenvalue weighted by Crippen LogP contribution is -2.72. The highest BCUT2D eigenvalue weighted by molar-refractivity contribution is 7.35. The van der Waals surface area contributed by atoms with Gasteiger partial charge in [0.2, 0.25) is 0 Å². The summed E-state index contributed by atoms with van der Waals surface area (Å²) < 4.78 is 4.81. The lowest BCUT2D eigenvalue weighted by atomic mass is 10.1. The predicted molar refractivity (Wildman–Crippen MR) is 264 cm³/mol. The minimum Gasteiger partial charge on any atom is -0.309 e. The van der Waals surface area contributed by atoms with E-state index in [2.05, 4.69) is 228 Å². The number of hydrogen-bond donors (Lipinski definition) is 0. The molecule has 0 fully saturated rings. The zero-order valence-corrected chi connectivity index (χ0v) is 35.6. The van der Waals surface area contributed by atoms with Crippen LogP contribution in [-0.4, -0.2) is 17.2 Å². The van der Waals surface area contributed by atoms with Crippen molar-refractivity contribution in [3.8, 4) is 42.0 Å². The van der Waals surface area contributed by atoms with Gasteiger partial charge in [0, 0.05) is 52.4 Å². The predicted octanol–water partition coefficient (Wildman–Crippen LogP) is 12.7. The molecule has 5 heterocycles. The standard InChI is InChI=1S/C56H36N2S2Si/c1-5-17-39(18-6-1)57-47-27-15-13-25-43(47)45-33-37(29-31-49(45)57)51-35-53-55(59-51)56-54(61(53,41-21-9-3-10-22-41)42-23-11-4-12-24-42)36-52(60-56)38-30-32-50-46(34-38)44-26-14-16-28-48(44)58(50)40-19-7-2-8-20-40/h1-36H. The Hall–Kier alpha value is -7.02. The fourth-order valence-electron chi connectivity index (χ4n) is 10.2. The summed E-state index contributed by atoms with van der Waals surface area (Å²) in [5, 5.41) is 11.0. The molecule has 8 aromatic carbocycles. The molecule has 2 nitrogen and oxygen atoms in total. The average Bonchev–Trinajstić information content (AvgIpc) is 4.15. The van der Waals surface area contributed by atoms with Crippen molar-refractivity contribution in [2.24, 2.45) is 0 Å². The first-order valence-corrected chi connectivity index (χ1v) is 24.5. The van der Waals surface area contributed by atoms with Crippen LogP contribution in [-0.2, 0) is 0 Å². The minimum absolute atomic E-state index is 1.18. The molecule has 0 unspecified atom stereocenters. The molecule has 1 aliphatic rings. The fraction of sp³-hybridized carbons (Fsp3) is 0. The van der Waals surface area contributed by atoms with E-state index >= 15 is 0 Å².